The van der Waals surface area contributed by atoms with Gasteiger partial charge in [0.25, 0.3) is 0 Å². The molecule has 1 aromatic rings. The minimum absolute atomic E-state index is 0.144. The van der Waals surface area contributed by atoms with E-state index in [1.54, 1.807) is 0 Å². The first kappa shape index (κ1) is 12.4. The van der Waals surface area contributed by atoms with Gasteiger partial charge in [0.15, 0.2) is 0 Å². The molecule has 0 spiro atoms. The van der Waals surface area contributed by atoms with E-state index in [-0.39, 0.29) is 17.6 Å². The molecule has 0 amide bonds. The maximum absolute atomic E-state index is 9.69. The number of hydrogen-bond donors (Lipinski definition) is 2. The number of nitrogens with zero attached hydrogens (tertiary/aromatic N) is 1. The van der Waals surface area contributed by atoms with Gasteiger partial charge in [-0.15, -0.1) is 0 Å². The summed E-state index contributed by atoms with van der Waals surface area (Å²) in [7, 11) is 0. The average Bonchev–Trinajstić information content (AvgIpc) is 2.29. The van der Waals surface area contributed by atoms with Crippen molar-refractivity contribution >= 4 is 21.6 Å². The zero-order chi connectivity index (χ0) is 12.6. The summed E-state index contributed by atoms with van der Waals surface area (Å²) in [5.41, 5.74) is 1.30. The Morgan fingerprint density at radius 1 is 1.53 bits per heavy atom. The minimum Gasteiger partial charge on any atom is -0.392 e. The second-order valence-corrected chi connectivity index (χ2v) is 5.90. The van der Waals surface area contributed by atoms with Crippen LogP contribution >= 0.6 is 15.9 Å². The molecule has 0 bridgehead atoms. The fourth-order valence-corrected chi connectivity index (χ4v) is 2.55. The first-order valence-corrected chi connectivity index (χ1v) is 6.39. The van der Waals surface area contributed by atoms with Crippen molar-refractivity contribution in [2.24, 2.45) is 5.41 Å². The van der Waals surface area contributed by atoms with Crippen molar-refractivity contribution in [1.82, 2.24) is 0 Å². The summed E-state index contributed by atoms with van der Waals surface area (Å²) in [6, 6.07) is 8.03. The zero-order valence-electron chi connectivity index (χ0n) is 9.87. The molecule has 2 atom stereocenters. The molecule has 1 aliphatic carbocycles. The van der Waals surface area contributed by atoms with E-state index in [9.17, 15) is 5.11 Å². The number of nitrogens with one attached hydrogen (secondary N) is 1. The van der Waals surface area contributed by atoms with Crippen molar-refractivity contribution in [3.05, 3.63) is 28.2 Å². The molecular weight excluding hydrogens is 280 g/mol. The number of halogens is 1. The molecule has 0 aliphatic heterocycles. The van der Waals surface area contributed by atoms with Crippen molar-refractivity contribution in [3.8, 4) is 6.07 Å². The Balaban J connectivity index is 2.21. The number of nitriles is 1. The van der Waals surface area contributed by atoms with Crippen molar-refractivity contribution in [2.75, 3.05) is 5.32 Å². The van der Waals surface area contributed by atoms with Gasteiger partial charge in [-0.1, -0.05) is 19.9 Å². The number of anilines is 1. The molecule has 0 radical (unpaired) electrons. The molecule has 4 heteroatoms. The van der Waals surface area contributed by atoms with Crippen molar-refractivity contribution in [2.45, 2.75) is 32.4 Å². The molecule has 2 N–H and O–H groups in total. The van der Waals surface area contributed by atoms with E-state index in [0.29, 0.717) is 5.56 Å². The molecule has 0 aromatic heterocycles. The molecule has 90 valence electrons. The van der Waals surface area contributed by atoms with Crippen molar-refractivity contribution in [1.29, 1.82) is 5.26 Å². The highest BCUT2D eigenvalue weighted by atomic mass is 79.9. The summed E-state index contributed by atoms with van der Waals surface area (Å²) in [5.74, 6) is 0. The molecule has 17 heavy (non-hydrogen) atoms. The summed E-state index contributed by atoms with van der Waals surface area (Å²) in [5, 5.41) is 22.2. The third kappa shape index (κ3) is 2.05. The quantitative estimate of drug-likeness (QED) is 0.882. The summed E-state index contributed by atoms with van der Waals surface area (Å²) in [6.07, 6.45) is 0.461. The number of benzene rings is 1. The lowest BCUT2D eigenvalue weighted by Crippen LogP contribution is -2.57. The third-order valence-electron chi connectivity index (χ3n) is 3.67. The Labute approximate surface area is 110 Å². The van der Waals surface area contributed by atoms with E-state index in [2.05, 4.69) is 27.3 Å². The molecule has 0 heterocycles. The SMILES string of the molecule is CC1(C)C(O)CC1Nc1cccc(Br)c1C#N. The number of hydrogen-bond acceptors (Lipinski definition) is 3. The normalized spacial score (nSPS) is 25.8. The van der Waals surface area contributed by atoms with Gasteiger partial charge in [-0.05, 0) is 34.5 Å². The fraction of sp³-hybridized carbons (Fsp3) is 0.462. The third-order valence-corrected chi connectivity index (χ3v) is 4.33. The molecular formula is C13H15BrN2O. The van der Waals surface area contributed by atoms with Gasteiger partial charge < -0.3 is 10.4 Å². The summed E-state index contributed by atoms with van der Waals surface area (Å²) >= 11 is 3.37. The van der Waals surface area contributed by atoms with Gasteiger partial charge in [-0.25, -0.2) is 0 Å². The molecule has 1 aliphatic rings. The maximum Gasteiger partial charge on any atom is 0.103 e. The van der Waals surface area contributed by atoms with Gasteiger partial charge in [-0.3, -0.25) is 0 Å². The first-order valence-electron chi connectivity index (χ1n) is 5.60. The standard InChI is InChI=1S/C13H15BrN2O/c1-13(2)11(6-12(13)17)16-10-5-3-4-9(14)8(10)7-15/h3-5,11-12,16-17H,6H2,1-2H3. The molecule has 2 unspecified atom stereocenters. The lowest BCUT2D eigenvalue weighted by molar-refractivity contribution is -0.0510. The van der Waals surface area contributed by atoms with Gasteiger partial charge in [-0.2, -0.15) is 5.26 Å². The molecule has 0 saturated heterocycles. The molecule has 3 nitrogen and oxygen atoms in total. The summed E-state index contributed by atoms with van der Waals surface area (Å²) < 4.78 is 0.794. The second kappa shape index (κ2) is 4.32. The van der Waals surface area contributed by atoms with E-state index >= 15 is 0 Å². The highest BCUT2D eigenvalue weighted by Crippen LogP contribution is 2.42. The Morgan fingerprint density at radius 2 is 2.24 bits per heavy atom. The van der Waals surface area contributed by atoms with E-state index in [0.717, 1.165) is 16.6 Å². The molecule has 2 rings (SSSR count). The fourth-order valence-electron chi connectivity index (χ4n) is 2.09. The zero-order valence-corrected chi connectivity index (χ0v) is 11.5. The Morgan fingerprint density at radius 3 is 2.76 bits per heavy atom. The van der Waals surface area contributed by atoms with Crippen LogP contribution in [0.25, 0.3) is 0 Å². The van der Waals surface area contributed by atoms with Crippen LogP contribution in [0, 0.1) is 16.7 Å². The van der Waals surface area contributed by atoms with Gasteiger partial charge in [0, 0.05) is 15.9 Å². The lowest BCUT2D eigenvalue weighted by atomic mass is 9.64. The van der Waals surface area contributed by atoms with Crippen molar-refractivity contribution in [3.63, 3.8) is 0 Å². The molecule has 1 fully saturated rings. The predicted octanol–water partition coefficient (Wildman–Crippen LogP) is 2.89. The van der Waals surface area contributed by atoms with E-state index in [1.807, 2.05) is 32.0 Å². The van der Waals surface area contributed by atoms with Gasteiger partial charge in [0.05, 0.1) is 17.4 Å². The van der Waals surface area contributed by atoms with Crippen LogP contribution in [-0.2, 0) is 0 Å². The van der Waals surface area contributed by atoms with E-state index in [1.165, 1.54) is 0 Å². The second-order valence-electron chi connectivity index (χ2n) is 5.04. The summed E-state index contributed by atoms with van der Waals surface area (Å²) in [6.45, 7) is 4.06. The topological polar surface area (TPSA) is 56.0 Å². The first-order chi connectivity index (χ1) is 7.96. The highest BCUT2D eigenvalue weighted by Gasteiger charge is 2.47. The maximum atomic E-state index is 9.69. The van der Waals surface area contributed by atoms with Crippen LogP contribution in [0.2, 0.25) is 0 Å². The molecule has 1 aromatic carbocycles. The van der Waals surface area contributed by atoms with Crippen LogP contribution in [-0.4, -0.2) is 17.3 Å². The highest BCUT2D eigenvalue weighted by molar-refractivity contribution is 9.10. The van der Waals surface area contributed by atoms with Crippen LogP contribution in [0.3, 0.4) is 0 Å². The Kier molecular flexibility index (Phi) is 3.15. The van der Waals surface area contributed by atoms with E-state index in [4.69, 9.17) is 5.26 Å². The average molecular weight is 295 g/mol. The van der Waals surface area contributed by atoms with Crippen LogP contribution < -0.4 is 5.32 Å². The van der Waals surface area contributed by atoms with Gasteiger partial charge >= 0.3 is 0 Å². The van der Waals surface area contributed by atoms with Crippen LogP contribution in [0.5, 0.6) is 0 Å². The van der Waals surface area contributed by atoms with Gasteiger partial charge in [0.2, 0.25) is 0 Å². The van der Waals surface area contributed by atoms with Crippen LogP contribution in [0.4, 0.5) is 5.69 Å². The lowest BCUT2D eigenvalue weighted by Gasteiger charge is -2.50. The molecule has 1 saturated carbocycles. The van der Waals surface area contributed by atoms with Crippen LogP contribution in [0.1, 0.15) is 25.8 Å². The summed E-state index contributed by atoms with van der Waals surface area (Å²) in [4.78, 5) is 0. The van der Waals surface area contributed by atoms with E-state index < -0.39 is 0 Å². The predicted molar refractivity (Wildman–Crippen MR) is 70.7 cm³/mol. The smallest absolute Gasteiger partial charge is 0.103 e. The minimum atomic E-state index is -0.266. The monoisotopic (exact) mass is 294 g/mol. The Bertz CT molecular complexity index is 479. The number of rotatable bonds is 2. The largest absolute Gasteiger partial charge is 0.392 e. The number of aliphatic hydroxyl groups is 1. The Hall–Kier alpha value is -1.05. The van der Waals surface area contributed by atoms with Gasteiger partial charge in [0.1, 0.15) is 6.07 Å². The van der Waals surface area contributed by atoms with Crippen LogP contribution in [0.15, 0.2) is 22.7 Å². The van der Waals surface area contributed by atoms with Crippen molar-refractivity contribution < 1.29 is 5.11 Å². The number of aliphatic hydroxyl groups excluding tert-OH is 1.